The first kappa shape index (κ1) is 27.9. The second-order valence-corrected chi connectivity index (χ2v) is 8.50. The van der Waals surface area contributed by atoms with Crippen molar-refractivity contribution in [3.8, 4) is 11.8 Å². The highest BCUT2D eigenvalue weighted by Crippen LogP contribution is 2.31. The molecule has 1 saturated heterocycles. The van der Waals surface area contributed by atoms with Crippen LogP contribution in [-0.4, -0.2) is 51.5 Å². The van der Waals surface area contributed by atoms with E-state index in [1.165, 1.54) is 16.7 Å². The van der Waals surface area contributed by atoms with E-state index in [9.17, 15) is 23.2 Å². The van der Waals surface area contributed by atoms with Gasteiger partial charge in [-0.15, -0.1) is 13.2 Å². The lowest BCUT2D eigenvalue weighted by Crippen LogP contribution is -2.54. The summed E-state index contributed by atoms with van der Waals surface area (Å²) in [4.78, 5) is 25.6. The third-order valence-electron chi connectivity index (χ3n) is 6.45. The van der Waals surface area contributed by atoms with Crippen molar-refractivity contribution >= 4 is 16.9 Å². The number of hydrogen-bond acceptors (Lipinski definition) is 7. The lowest BCUT2D eigenvalue weighted by molar-refractivity contribution is -0.274. The Kier molecular flexibility index (Phi) is 8.76. The first-order valence-electron chi connectivity index (χ1n) is 12.3. The predicted octanol–water partition coefficient (Wildman–Crippen LogP) is 4.79. The molecule has 11 heteroatoms. The van der Waals surface area contributed by atoms with Gasteiger partial charge in [-0.25, -0.2) is 9.78 Å². The highest BCUT2D eigenvalue weighted by molar-refractivity contribution is 5.86. The molecule has 2 aromatic heterocycles. The van der Waals surface area contributed by atoms with E-state index in [1.807, 2.05) is 33.8 Å². The van der Waals surface area contributed by atoms with E-state index in [-0.39, 0.29) is 23.5 Å². The number of nitrogens with zero attached hydrogens (tertiary/aromatic N) is 6. The summed E-state index contributed by atoms with van der Waals surface area (Å²) in [7, 11) is 1.62. The molecule has 0 amide bonds. The van der Waals surface area contributed by atoms with E-state index in [1.54, 1.807) is 31.3 Å². The number of fused-ring (bicyclic) bond motifs is 1. The Balaban J connectivity index is 0.00000186. The Hall–Kier alpha value is -3.65. The van der Waals surface area contributed by atoms with E-state index in [2.05, 4.69) is 24.5 Å². The average Bonchev–Trinajstić information content (AvgIpc) is 2.90. The van der Waals surface area contributed by atoms with Gasteiger partial charge in [-0.05, 0) is 43.2 Å². The minimum absolute atomic E-state index is 0.0226. The molecule has 2 unspecified atom stereocenters. The molecule has 1 aromatic carbocycles. The second kappa shape index (κ2) is 11.6. The zero-order chi connectivity index (χ0) is 27.3. The summed E-state index contributed by atoms with van der Waals surface area (Å²) in [5.74, 6) is 0.213. The van der Waals surface area contributed by atoms with E-state index in [0.717, 1.165) is 12.0 Å². The monoisotopic (exact) mass is 516 g/mol. The van der Waals surface area contributed by atoms with Crippen LogP contribution in [0.4, 0.5) is 19.0 Å². The number of alkyl halides is 3. The number of piperazine rings is 1. The molecule has 8 nitrogen and oxygen atoms in total. The van der Waals surface area contributed by atoms with Crippen LogP contribution in [0.25, 0.3) is 11.0 Å². The van der Waals surface area contributed by atoms with Gasteiger partial charge in [0.15, 0.2) is 5.82 Å². The maximum atomic E-state index is 12.6. The van der Waals surface area contributed by atoms with Crippen LogP contribution in [-0.2, 0) is 7.05 Å². The number of rotatable bonds is 5. The molecule has 198 valence electrons. The zero-order valence-electron chi connectivity index (χ0n) is 21.6. The number of pyridine rings is 1. The van der Waals surface area contributed by atoms with Gasteiger partial charge in [0.1, 0.15) is 23.0 Å². The minimum Gasteiger partial charge on any atom is -0.406 e. The van der Waals surface area contributed by atoms with Crippen LogP contribution in [0.2, 0.25) is 0 Å². The summed E-state index contributed by atoms with van der Waals surface area (Å²) in [6.07, 6.45) is -3.95. The van der Waals surface area contributed by atoms with Gasteiger partial charge in [-0.2, -0.15) is 10.2 Å². The first-order chi connectivity index (χ1) is 17.6. The number of nitriles is 1. The van der Waals surface area contributed by atoms with Crippen molar-refractivity contribution in [1.29, 1.82) is 5.26 Å². The fourth-order valence-electron chi connectivity index (χ4n) is 4.49. The molecule has 0 bridgehead atoms. The standard InChI is InChI=1S/C24H25F3N6O2.C2H6/c1-4-18-14-32(15(2)16-5-8-19(9-6-16)35-24(25,26)27)11-12-33(18)22-21-20(31(3)23(34)30-22)10-7-17(13-28)29-21;1-2/h5-10,15,18H,4,11-12,14H2,1-3H3;1-2H3. The Morgan fingerprint density at radius 1 is 1.14 bits per heavy atom. The topological polar surface area (TPSA) is 87.3 Å². The molecule has 37 heavy (non-hydrogen) atoms. The number of aryl methyl sites for hydroxylation is 1. The molecular formula is C26H31F3N6O2. The first-order valence-corrected chi connectivity index (χ1v) is 12.3. The highest BCUT2D eigenvalue weighted by atomic mass is 19.4. The second-order valence-electron chi connectivity index (χ2n) is 8.50. The summed E-state index contributed by atoms with van der Waals surface area (Å²) in [5.41, 5.74) is 1.83. The molecule has 3 heterocycles. The van der Waals surface area contributed by atoms with Crippen LogP contribution in [0, 0.1) is 11.3 Å². The van der Waals surface area contributed by atoms with Crippen LogP contribution in [0.3, 0.4) is 0 Å². The van der Waals surface area contributed by atoms with Gasteiger partial charge in [0, 0.05) is 38.8 Å². The van der Waals surface area contributed by atoms with Crippen LogP contribution in [0.1, 0.15) is 51.4 Å². The van der Waals surface area contributed by atoms with Gasteiger partial charge in [0.05, 0.1) is 5.52 Å². The number of benzene rings is 1. The summed E-state index contributed by atoms with van der Waals surface area (Å²) in [6.45, 7) is 9.94. The highest BCUT2D eigenvalue weighted by Gasteiger charge is 2.33. The van der Waals surface area contributed by atoms with Gasteiger partial charge < -0.3 is 9.64 Å². The van der Waals surface area contributed by atoms with Gasteiger partial charge in [0.2, 0.25) is 0 Å². The molecule has 1 aliphatic rings. The van der Waals surface area contributed by atoms with E-state index in [0.29, 0.717) is 36.5 Å². The summed E-state index contributed by atoms with van der Waals surface area (Å²) in [5, 5.41) is 9.31. The fraction of sp³-hybridized carbons (Fsp3) is 0.462. The smallest absolute Gasteiger partial charge is 0.406 e. The summed E-state index contributed by atoms with van der Waals surface area (Å²) < 4.78 is 42.7. The van der Waals surface area contributed by atoms with Crippen molar-refractivity contribution in [3.63, 3.8) is 0 Å². The SMILES string of the molecule is CC.CCC1CN(C(C)c2ccc(OC(F)(F)F)cc2)CCN1c1nc(=O)n(C)c2ccc(C#N)nc12. The molecule has 2 atom stereocenters. The number of anilines is 1. The molecule has 0 N–H and O–H groups in total. The maximum Gasteiger partial charge on any atom is 0.573 e. The number of halogens is 3. The average molecular weight is 517 g/mol. The molecule has 0 aliphatic carbocycles. The quantitative estimate of drug-likeness (QED) is 0.482. The molecule has 4 rings (SSSR count). The normalized spacial score (nSPS) is 17.1. The third-order valence-corrected chi connectivity index (χ3v) is 6.45. The molecule has 3 aromatic rings. The summed E-state index contributed by atoms with van der Waals surface area (Å²) >= 11 is 0. The Morgan fingerprint density at radius 3 is 2.41 bits per heavy atom. The minimum atomic E-state index is -4.72. The number of aromatic nitrogens is 3. The van der Waals surface area contributed by atoms with E-state index >= 15 is 0 Å². The molecule has 0 saturated carbocycles. The van der Waals surface area contributed by atoms with E-state index < -0.39 is 12.1 Å². The molecule has 1 fully saturated rings. The van der Waals surface area contributed by atoms with E-state index in [4.69, 9.17) is 0 Å². The van der Waals surface area contributed by atoms with Crippen LogP contribution in [0.15, 0.2) is 41.2 Å². The zero-order valence-corrected chi connectivity index (χ0v) is 21.6. The molecule has 0 spiro atoms. The van der Waals surface area contributed by atoms with Gasteiger partial charge in [-0.3, -0.25) is 9.47 Å². The third kappa shape index (κ3) is 6.20. The number of hydrogen-bond donors (Lipinski definition) is 0. The van der Waals surface area contributed by atoms with Gasteiger partial charge >= 0.3 is 12.1 Å². The lowest BCUT2D eigenvalue weighted by Gasteiger charge is -2.44. The van der Waals surface area contributed by atoms with Crippen molar-refractivity contribution in [2.45, 2.75) is 52.6 Å². The van der Waals surface area contributed by atoms with Crippen LogP contribution in [0.5, 0.6) is 5.75 Å². The molecule has 0 radical (unpaired) electrons. The maximum absolute atomic E-state index is 12.6. The Morgan fingerprint density at radius 2 is 1.81 bits per heavy atom. The lowest BCUT2D eigenvalue weighted by atomic mass is 10.0. The Bertz CT molecular complexity index is 1320. The largest absolute Gasteiger partial charge is 0.573 e. The van der Waals surface area contributed by atoms with Crippen molar-refractivity contribution < 1.29 is 17.9 Å². The van der Waals surface area contributed by atoms with Gasteiger partial charge in [-0.1, -0.05) is 32.9 Å². The number of ether oxygens (including phenoxy) is 1. The fourth-order valence-corrected chi connectivity index (χ4v) is 4.49. The van der Waals surface area contributed by atoms with Crippen molar-refractivity contribution in [3.05, 3.63) is 58.1 Å². The van der Waals surface area contributed by atoms with Crippen molar-refractivity contribution in [2.75, 3.05) is 24.5 Å². The van der Waals surface area contributed by atoms with Crippen molar-refractivity contribution in [1.82, 2.24) is 19.4 Å². The van der Waals surface area contributed by atoms with Crippen molar-refractivity contribution in [2.24, 2.45) is 7.05 Å². The van der Waals surface area contributed by atoms with Crippen LogP contribution < -0.4 is 15.3 Å². The van der Waals surface area contributed by atoms with Crippen LogP contribution >= 0.6 is 0 Å². The van der Waals surface area contributed by atoms with Gasteiger partial charge in [0.25, 0.3) is 0 Å². The molecular weight excluding hydrogens is 485 g/mol. The molecule has 1 aliphatic heterocycles. The Labute approximate surface area is 213 Å². The summed E-state index contributed by atoms with van der Waals surface area (Å²) in [6, 6.07) is 11.2. The predicted molar refractivity (Wildman–Crippen MR) is 135 cm³/mol.